The fraction of sp³-hybridized carbons (Fsp3) is 0.282. The standard InChI is InChI=1S/C39H39N3O17/c1-20(43)54-29-13-7-10-26(33(29)57-23(4)46)36(51)39(40,37(52)27-11-8-14-30(55-21(2)44)34(27)58-24(5)47)19-41-16-17-42(18-32(49)50)38(53)28-12-9-15-31(56-22(3)45)35(28)59-25(6)48/h7-15,41H,16-19,40H2,1-6H3,(H,49,50). The molecule has 3 aromatic carbocycles. The Morgan fingerprint density at radius 2 is 0.898 bits per heavy atom. The van der Waals surface area contributed by atoms with Gasteiger partial charge in [-0.05, 0) is 36.4 Å². The van der Waals surface area contributed by atoms with Crippen LogP contribution in [0, 0.1) is 0 Å². The summed E-state index contributed by atoms with van der Waals surface area (Å²) in [5, 5.41) is 12.4. The zero-order valence-electron chi connectivity index (χ0n) is 32.5. The van der Waals surface area contributed by atoms with Crippen molar-refractivity contribution in [3.05, 3.63) is 71.3 Å². The summed E-state index contributed by atoms with van der Waals surface area (Å²) < 4.78 is 30.9. The number of nitrogens with two attached hydrogens (primary N) is 1. The Labute approximate surface area is 335 Å². The van der Waals surface area contributed by atoms with Gasteiger partial charge >= 0.3 is 41.8 Å². The van der Waals surface area contributed by atoms with E-state index in [9.17, 15) is 53.1 Å². The molecule has 0 atom stereocenters. The summed E-state index contributed by atoms with van der Waals surface area (Å²) in [4.78, 5) is 127. The fourth-order valence-corrected chi connectivity index (χ4v) is 5.36. The number of amides is 1. The average molecular weight is 822 g/mol. The van der Waals surface area contributed by atoms with Crippen LogP contribution in [0.4, 0.5) is 0 Å². The minimum atomic E-state index is -2.77. The number of esters is 6. The highest BCUT2D eigenvalue weighted by Crippen LogP contribution is 2.38. The highest BCUT2D eigenvalue weighted by molar-refractivity contribution is 6.25. The van der Waals surface area contributed by atoms with E-state index >= 15 is 0 Å². The van der Waals surface area contributed by atoms with E-state index in [1.54, 1.807) is 0 Å². The van der Waals surface area contributed by atoms with Crippen molar-refractivity contribution in [3.63, 3.8) is 0 Å². The van der Waals surface area contributed by atoms with Crippen molar-refractivity contribution in [1.82, 2.24) is 10.2 Å². The monoisotopic (exact) mass is 821 g/mol. The fourth-order valence-electron chi connectivity index (χ4n) is 5.36. The predicted octanol–water partition coefficient (Wildman–Crippen LogP) is 1.82. The van der Waals surface area contributed by atoms with Gasteiger partial charge in [-0.15, -0.1) is 0 Å². The van der Waals surface area contributed by atoms with Crippen LogP contribution in [0.25, 0.3) is 0 Å². The molecule has 0 radical (unpaired) electrons. The number of hydrogen-bond acceptors (Lipinski definition) is 18. The van der Waals surface area contributed by atoms with Crippen LogP contribution in [0.3, 0.4) is 0 Å². The molecule has 20 heteroatoms. The molecular formula is C39H39N3O17. The zero-order chi connectivity index (χ0) is 44.2. The van der Waals surface area contributed by atoms with Crippen molar-refractivity contribution in [2.75, 3.05) is 26.2 Å². The van der Waals surface area contributed by atoms with Gasteiger partial charge in [0.1, 0.15) is 6.54 Å². The van der Waals surface area contributed by atoms with Gasteiger partial charge in [0.2, 0.25) is 0 Å². The summed E-state index contributed by atoms with van der Waals surface area (Å²) in [6.45, 7) is 3.50. The first-order chi connectivity index (χ1) is 27.7. The van der Waals surface area contributed by atoms with E-state index in [-0.39, 0.29) is 17.9 Å². The van der Waals surface area contributed by atoms with E-state index in [0.717, 1.165) is 58.6 Å². The number of para-hydroxylation sites is 3. The number of aliphatic carboxylic acids is 1. The smallest absolute Gasteiger partial charge is 0.323 e. The van der Waals surface area contributed by atoms with E-state index < -0.39 is 124 Å². The Kier molecular flexibility index (Phi) is 15.8. The molecule has 0 heterocycles. The third kappa shape index (κ3) is 12.3. The van der Waals surface area contributed by atoms with Crippen molar-refractivity contribution >= 4 is 59.3 Å². The van der Waals surface area contributed by atoms with E-state index in [1.165, 1.54) is 42.5 Å². The van der Waals surface area contributed by atoms with Crippen LogP contribution >= 0.6 is 0 Å². The maximum absolute atomic E-state index is 14.6. The summed E-state index contributed by atoms with van der Waals surface area (Å²) in [7, 11) is 0. The Morgan fingerprint density at radius 1 is 0.559 bits per heavy atom. The van der Waals surface area contributed by atoms with Crippen LogP contribution in [0.5, 0.6) is 34.5 Å². The number of nitrogens with zero attached hydrogens (tertiary/aromatic N) is 1. The highest BCUT2D eigenvalue weighted by atomic mass is 16.6. The Morgan fingerprint density at radius 3 is 1.24 bits per heavy atom. The van der Waals surface area contributed by atoms with Crippen LogP contribution < -0.4 is 39.5 Å². The van der Waals surface area contributed by atoms with Gasteiger partial charge in [0, 0.05) is 61.2 Å². The molecule has 4 N–H and O–H groups in total. The Balaban J connectivity index is 2.14. The predicted molar refractivity (Wildman–Crippen MR) is 199 cm³/mol. The van der Waals surface area contributed by atoms with Crippen LogP contribution in [0.2, 0.25) is 0 Å². The number of carbonyl (C=O) groups excluding carboxylic acids is 9. The number of ether oxygens (including phenoxy) is 6. The molecule has 1 amide bonds. The number of ketones is 2. The lowest BCUT2D eigenvalue weighted by Crippen LogP contribution is -2.61. The van der Waals surface area contributed by atoms with E-state index in [4.69, 9.17) is 34.2 Å². The van der Waals surface area contributed by atoms with Crippen LogP contribution in [-0.4, -0.2) is 101 Å². The third-order valence-electron chi connectivity index (χ3n) is 7.54. The molecule has 0 aliphatic carbocycles. The lowest BCUT2D eigenvalue weighted by Gasteiger charge is -2.29. The number of carboxylic acids is 1. The summed E-state index contributed by atoms with van der Waals surface area (Å²) in [5.74, 6) is -13.1. The zero-order valence-corrected chi connectivity index (χ0v) is 32.5. The molecule has 0 spiro atoms. The number of hydrogen-bond donors (Lipinski definition) is 3. The largest absolute Gasteiger partial charge is 0.480 e. The maximum Gasteiger partial charge on any atom is 0.323 e. The molecule has 0 saturated carbocycles. The molecule has 0 fully saturated rings. The second kappa shape index (κ2) is 20.2. The normalized spacial score (nSPS) is 10.7. The van der Waals surface area contributed by atoms with E-state index in [2.05, 4.69) is 5.32 Å². The molecule has 59 heavy (non-hydrogen) atoms. The van der Waals surface area contributed by atoms with Gasteiger partial charge in [-0.25, -0.2) is 0 Å². The average Bonchev–Trinajstić information content (AvgIpc) is 3.12. The van der Waals surface area contributed by atoms with E-state index in [1.807, 2.05) is 0 Å². The van der Waals surface area contributed by atoms with Crippen LogP contribution in [-0.2, 0) is 33.6 Å². The Bertz CT molecular complexity index is 2120. The molecule has 0 saturated heterocycles. The van der Waals surface area contributed by atoms with Crippen LogP contribution in [0.1, 0.15) is 72.6 Å². The van der Waals surface area contributed by atoms with Crippen molar-refractivity contribution in [2.45, 2.75) is 47.1 Å². The first-order valence-electron chi connectivity index (χ1n) is 17.3. The van der Waals surface area contributed by atoms with Crippen molar-refractivity contribution in [1.29, 1.82) is 0 Å². The van der Waals surface area contributed by atoms with Gasteiger partial charge in [0.05, 0.1) is 16.7 Å². The number of carboxylic acid groups (broad SMARTS) is 1. The molecule has 0 aromatic heterocycles. The molecule has 312 valence electrons. The SMILES string of the molecule is CC(=O)Oc1cccc(C(=O)N(CCNCC(N)(C(=O)c2cccc(OC(C)=O)c2OC(C)=O)C(=O)c2cccc(OC(C)=O)c2OC(C)=O)CC(=O)O)c1OC(C)=O. The highest BCUT2D eigenvalue weighted by Gasteiger charge is 2.46. The summed E-state index contributed by atoms with van der Waals surface area (Å²) in [5.41, 5.74) is 2.50. The number of carbonyl (C=O) groups is 10. The van der Waals surface area contributed by atoms with E-state index in [0.29, 0.717) is 0 Å². The van der Waals surface area contributed by atoms with Crippen molar-refractivity contribution in [2.24, 2.45) is 5.73 Å². The summed E-state index contributed by atoms with van der Waals surface area (Å²) in [6, 6.07) is 10.8. The summed E-state index contributed by atoms with van der Waals surface area (Å²) in [6.07, 6.45) is 0. The number of Topliss-reactive ketones (excluding diaryl/α,β-unsaturated/α-hetero) is 2. The first-order valence-corrected chi connectivity index (χ1v) is 17.3. The molecule has 0 bridgehead atoms. The first kappa shape index (κ1) is 46.1. The second-order valence-corrected chi connectivity index (χ2v) is 12.4. The van der Waals surface area contributed by atoms with Gasteiger partial charge in [-0.3, -0.25) is 47.9 Å². The van der Waals surface area contributed by atoms with Gasteiger partial charge in [0.25, 0.3) is 5.91 Å². The molecule has 0 unspecified atom stereocenters. The molecule has 3 rings (SSSR count). The van der Waals surface area contributed by atoms with Crippen molar-refractivity contribution < 1.29 is 81.5 Å². The van der Waals surface area contributed by atoms with Crippen LogP contribution in [0.15, 0.2) is 54.6 Å². The Hall–Kier alpha value is -7.32. The molecular weight excluding hydrogens is 782 g/mol. The number of nitrogens with one attached hydrogen (secondary N) is 1. The van der Waals surface area contributed by atoms with Gasteiger partial charge < -0.3 is 49.5 Å². The van der Waals surface area contributed by atoms with Gasteiger partial charge in [-0.2, -0.15) is 0 Å². The quantitative estimate of drug-likeness (QED) is 0.0542. The molecule has 20 nitrogen and oxygen atoms in total. The summed E-state index contributed by atoms with van der Waals surface area (Å²) >= 11 is 0. The minimum Gasteiger partial charge on any atom is -0.480 e. The number of benzene rings is 3. The maximum atomic E-state index is 14.6. The molecule has 0 aliphatic rings. The van der Waals surface area contributed by atoms with Gasteiger partial charge in [0.15, 0.2) is 51.6 Å². The molecule has 0 aliphatic heterocycles. The lowest BCUT2D eigenvalue weighted by atomic mass is 9.82. The van der Waals surface area contributed by atoms with Crippen molar-refractivity contribution in [3.8, 4) is 34.5 Å². The number of rotatable bonds is 18. The molecule has 3 aromatic rings. The minimum absolute atomic E-state index is 0.311. The second-order valence-electron chi connectivity index (χ2n) is 12.4. The third-order valence-corrected chi connectivity index (χ3v) is 7.54. The lowest BCUT2D eigenvalue weighted by molar-refractivity contribution is -0.138. The van der Waals surface area contributed by atoms with Gasteiger partial charge in [-0.1, -0.05) is 18.2 Å². The topological polar surface area (TPSA) is 288 Å².